The van der Waals surface area contributed by atoms with Crippen LogP contribution in [0.15, 0.2) is 16.8 Å². The molecule has 130 valence electrons. The molecule has 24 heavy (non-hydrogen) atoms. The van der Waals surface area contributed by atoms with Crippen LogP contribution in [0.3, 0.4) is 0 Å². The van der Waals surface area contributed by atoms with Crippen LogP contribution in [0.2, 0.25) is 0 Å². The van der Waals surface area contributed by atoms with Crippen molar-refractivity contribution in [2.75, 3.05) is 13.1 Å². The maximum atomic E-state index is 12.3. The molecule has 0 bridgehead atoms. The lowest BCUT2D eigenvalue weighted by molar-refractivity contribution is 0.0346. The smallest absolute Gasteiger partial charge is 0.252 e. The molecule has 1 fully saturated rings. The molecule has 0 aromatic carbocycles. The van der Waals surface area contributed by atoms with Gasteiger partial charge in [0.2, 0.25) is 0 Å². The van der Waals surface area contributed by atoms with Crippen molar-refractivity contribution in [3.05, 3.63) is 38.0 Å². The lowest BCUT2D eigenvalue weighted by Crippen LogP contribution is -2.53. The standard InChI is InChI=1S/C17H23N3O2S2/c1-3-14-6-12(9-24-14)17(22)19-15-4-5-20(8-16(15)21)7-13-10-23-11(2)18-13/h6,9-10,15-16,21H,3-5,7-8H2,1-2H3,(H,19,22)/t15-,16-/m1/s1. The number of thiophene rings is 1. The fourth-order valence-corrected chi connectivity index (χ4v) is 4.37. The quantitative estimate of drug-likeness (QED) is 0.854. The highest BCUT2D eigenvalue weighted by Crippen LogP contribution is 2.18. The van der Waals surface area contributed by atoms with Gasteiger partial charge < -0.3 is 10.4 Å². The number of rotatable bonds is 5. The van der Waals surface area contributed by atoms with Crippen molar-refractivity contribution in [3.63, 3.8) is 0 Å². The topological polar surface area (TPSA) is 65.5 Å². The predicted molar refractivity (Wildman–Crippen MR) is 97.7 cm³/mol. The zero-order valence-electron chi connectivity index (χ0n) is 14.0. The molecular formula is C17H23N3O2S2. The second-order valence-corrected chi connectivity index (χ2v) is 8.24. The SMILES string of the molecule is CCc1cc(C(=O)N[C@@H]2CCN(Cc3csc(C)n3)C[C@H]2O)cs1. The number of piperidine rings is 1. The van der Waals surface area contributed by atoms with E-state index in [2.05, 4.69) is 27.5 Å². The van der Waals surface area contributed by atoms with Crippen LogP contribution in [0.25, 0.3) is 0 Å². The zero-order chi connectivity index (χ0) is 17.1. The molecule has 7 heteroatoms. The summed E-state index contributed by atoms with van der Waals surface area (Å²) < 4.78 is 0. The number of hydrogen-bond acceptors (Lipinski definition) is 6. The van der Waals surface area contributed by atoms with Crippen molar-refractivity contribution in [2.24, 2.45) is 0 Å². The van der Waals surface area contributed by atoms with Gasteiger partial charge in [-0.15, -0.1) is 22.7 Å². The number of aliphatic hydroxyl groups is 1. The van der Waals surface area contributed by atoms with Crippen LogP contribution in [-0.2, 0) is 13.0 Å². The average Bonchev–Trinajstić information content (AvgIpc) is 3.19. The largest absolute Gasteiger partial charge is 0.390 e. The number of β-amino-alcohol motifs (C(OH)–C–C–N with tert-alkyl or cyclic N) is 1. The van der Waals surface area contributed by atoms with E-state index in [1.54, 1.807) is 22.7 Å². The lowest BCUT2D eigenvalue weighted by atomic mass is 10.0. The molecule has 3 rings (SSSR count). The number of amides is 1. The predicted octanol–water partition coefficient (Wildman–Crippen LogP) is 2.44. The third-order valence-corrected chi connectivity index (χ3v) is 6.20. The number of carbonyl (C=O) groups excluding carboxylic acids is 1. The second-order valence-electron chi connectivity index (χ2n) is 6.18. The van der Waals surface area contributed by atoms with Crippen LogP contribution in [0.1, 0.15) is 39.3 Å². The molecular weight excluding hydrogens is 342 g/mol. The highest BCUT2D eigenvalue weighted by atomic mass is 32.1. The fraction of sp³-hybridized carbons (Fsp3) is 0.529. The highest BCUT2D eigenvalue weighted by molar-refractivity contribution is 7.10. The van der Waals surface area contributed by atoms with E-state index in [0.29, 0.717) is 12.1 Å². The van der Waals surface area contributed by atoms with E-state index in [0.717, 1.165) is 36.6 Å². The first-order valence-corrected chi connectivity index (χ1v) is 10.0. The third-order valence-electron chi connectivity index (χ3n) is 4.30. The van der Waals surface area contributed by atoms with Crippen LogP contribution < -0.4 is 5.32 Å². The molecule has 0 spiro atoms. The van der Waals surface area contributed by atoms with Gasteiger partial charge in [0.25, 0.3) is 5.91 Å². The van der Waals surface area contributed by atoms with Gasteiger partial charge in [-0.25, -0.2) is 4.98 Å². The van der Waals surface area contributed by atoms with Crippen molar-refractivity contribution in [1.82, 2.24) is 15.2 Å². The molecule has 0 radical (unpaired) electrons. The minimum Gasteiger partial charge on any atom is -0.390 e. The fourth-order valence-electron chi connectivity index (χ4n) is 2.96. The lowest BCUT2D eigenvalue weighted by Gasteiger charge is -2.35. The molecule has 3 heterocycles. The minimum absolute atomic E-state index is 0.0847. The first-order valence-electron chi connectivity index (χ1n) is 8.25. The Balaban J connectivity index is 1.52. The molecule has 0 aliphatic carbocycles. The van der Waals surface area contributed by atoms with Crippen molar-refractivity contribution in [2.45, 2.75) is 45.4 Å². The van der Waals surface area contributed by atoms with Gasteiger partial charge in [0.05, 0.1) is 28.4 Å². The number of carbonyl (C=O) groups is 1. The maximum absolute atomic E-state index is 12.3. The van der Waals surface area contributed by atoms with Crippen molar-refractivity contribution in [3.8, 4) is 0 Å². The summed E-state index contributed by atoms with van der Waals surface area (Å²) in [5, 5.41) is 18.4. The van der Waals surface area contributed by atoms with E-state index in [9.17, 15) is 9.90 Å². The summed E-state index contributed by atoms with van der Waals surface area (Å²) in [6.45, 7) is 6.25. The summed E-state index contributed by atoms with van der Waals surface area (Å²) in [4.78, 5) is 20.2. The summed E-state index contributed by atoms with van der Waals surface area (Å²) >= 11 is 3.25. The molecule has 2 aromatic rings. The number of likely N-dealkylation sites (tertiary alicyclic amines) is 1. The van der Waals surface area contributed by atoms with E-state index in [1.807, 2.05) is 18.4 Å². The van der Waals surface area contributed by atoms with Gasteiger partial charge in [0.1, 0.15) is 0 Å². The number of aryl methyl sites for hydroxylation is 2. The molecule has 1 aliphatic heterocycles. The molecule has 1 amide bonds. The van der Waals surface area contributed by atoms with Crippen molar-refractivity contribution >= 4 is 28.6 Å². The Hall–Kier alpha value is -1.28. The van der Waals surface area contributed by atoms with Gasteiger partial charge in [-0.2, -0.15) is 0 Å². The van der Waals surface area contributed by atoms with Crippen LogP contribution in [0.4, 0.5) is 0 Å². The molecule has 5 nitrogen and oxygen atoms in total. The van der Waals surface area contributed by atoms with Gasteiger partial charge in [-0.3, -0.25) is 9.69 Å². The Morgan fingerprint density at radius 3 is 2.92 bits per heavy atom. The Labute approximate surface area is 150 Å². The summed E-state index contributed by atoms with van der Waals surface area (Å²) in [7, 11) is 0. The normalized spacial score (nSPS) is 21.8. The third kappa shape index (κ3) is 4.22. The van der Waals surface area contributed by atoms with Crippen LogP contribution in [0.5, 0.6) is 0 Å². The van der Waals surface area contributed by atoms with Gasteiger partial charge in [0, 0.05) is 35.3 Å². The van der Waals surface area contributed by atoms with Crippen molar-refractivity contribution in [1.29, 1.82) is 0 Å². The van der Waals surface area contributed by atoms with Gasteiger partial charge in [-0.1, -0.05) is 6.92 Å². The molecule has 0 saturated carbocycles. The van der Waals surface area contributed by atoms with Gasteiger partial charge >= 0.3 is 0 Å². The molecule has 1 saturated heterocycles. The van der Waals surface area contributed by atoms with E-state index >= 15 is 0 Å². The van der Waals surface area contributed by atoms with Gasteiger partial charge in [0.15, 0.2) is 0 Å². The molecule has 2 N–H and O–H groups in total. The van der Waals surface area contributed by atoms with Crippen LogP contribution in [-0.4, -0.2) is 46.1 Å². The first-order chi connectivity index (χ1) is 11.5. The number of aromatic nitrogens is 1. The van der Waals surface area contributed by atoms with E-state index in [-0.39, 0.29) is 11.9 Å². The van der Waals surface area contributed by atoms with E-state index in [1.165, 1.54) is 4.88 Å². The Kier molecular flexibility index (Phi) is 5.65. The Morgan fingerprint density at radius 2 is 2.29 bits per heavy atom. The summed E-state index contributed by atoms with van der Waals surface area (Å²) in [5.41, 5.74) is 1.75. The maximum Gasteiger partial charge on any atom is 0.252 e. The number of aliphatic hydroxyl groups excluding tert-OH is 1. The molecule has 2 atom stereocenters. The van der Waals surface area contributed by atoms with E-state index < -0.39 is 6.10 Å². The van der Waals surface area contributed by atoms with Gasteiger partial charge in [-0.05, 0) is 25.8 Å². The molecule has 0 unspecified atom stereocenters. The summed E-state index contributed by atoms with van der Waals surface area (Å²) in [6, 6.07) is 1.75. The summed E-state index contributed by atoms with van der Waals surface area (Å²) in [6.07, 6.45) is 1.14. The van der Waals surface area contributed by atoms with Crippen molar-refractivity contribution < 1.29 is 9.90 Å². The highest BCUT2D eigenvalue weighted by Gasteiger charge is 2.29. The second kappa shape index (κ2) is 7.74. The number of thiazole rings is 1. The molecule has 1 aliphatic rings. The van der Waals surface area contributed by atoms with Crippen LogP contribution in [0, 0.1) is 6.92 Å². The number of nitrogens with zero attached hydrogens (tertiary/aromatic N) is 2. The number of nitrogens with one attached hydrogen (secondary N) is 1. The van der Waals surface area contributed by atoms with Crippen LogP contribution >= 0.6 is 22.7 Å². The first kappa shape index (κ1) is 17.5. The number of hydrogen-bond donors (Lipinski definition) is 2. The minimum atomic E-state index is -0.549. The Bertz CT molecular complexity index is 698. The molecule has 2 aromatic heterocycles. The average molecular weight is 366 g/mol. The zero-order valence-corrected chi connectivity index (χ0v) is 15.6. The Morgan fingerprint density at radius 1 is 1.46 bits per heavy atom. The van der Waals surface area contributed by atoms with E-state index in [4.69, 9.17) is 0 Å². The summed E-state index contributed by atoms with van der Waals surface area (Å²) in [5.74, 6) is -0.0847. The monoisotopic (exact) mass is 365 g/mol.